The molecule has 0 spiro atoms. The molecule has 0 amide bonds. The van der Waals surface area contributed by atoms with Crippen molar-refractivity contribution < 1.29 is 0 Å². The fraction of sp³-hybridized carbons (Fsp3) is 0.571. The first kappa shape index (κ1) is 8.52. The molecule has 2 atom stereocenters. The van der Waals surface area contributed by atoms with Crippen molar-refractivity contribution in [3.8, 4) is 0 Å². The lowest BCUT2D eigenvalue weighted by Crippen LogP contribution is -2.03. The first-order chi connectivity index (χ1) is 6.88. The minimum Gasteiger partial charge on any atom is -0.0805 e. The molecule has 3 rings (SSSR count). The number of fused-ring (bicyclic) bond motifs is 2. The molecule has 0 heterocycles. The van der Waals surface area contributed by atoms with Crippen LogP contribution in [0.5, 0.6) is 0 Å². The van der Waals surface area contributed by atoms with E-state index in [1.54, 1.807) is 16.7 Å². The second-order valence-electron chi connectivity index (χ2n) is 4.90. The summed E-state index contributed by atoms with van der Waals surface area (Å²) in [4.78, 5) is 0. The summed E-state index contributed by atoms with van der Waals surface area (Å²) < 4.78 is 0. The predicted octanol–water partition coefficient (Wildman–Crippen LogP) is 4.01. The Balaban J connectivity index is 1.89. The molecule has 0 aromatic rings. The van der Waals surface area contributed by atoms with Crippen molar-refractivity contribution >= 4 is 0 Å². The van der Waals surface area contributed by atoms with Crippen molar-refractivity contribution in [3.05, 3.63) is 34.9 Å². The monoisotopic (exact) mass is 186 g/mol. The third-order valence-corrected chi connectivity index (χ3v) is 3.80. The Morgan fingerprint density at radius 2 is 2.29 bits per heavy atom. The third kappa shape index (κ3) is 1.28. The van der Waals surface area contributed by atoms with Gasteiger partial charge in [-0.1, -0.05) is 37.1 Å². The van der Waals surface area contributed by atoms with E-state index in [0.29, 0.717) is 0 Å². The van der Waals surface area contributed by atoms with Crippen molar-refractivity contribution in [1.82, 2.24) is 0 Å². The van der Waals surface area contributed by atoms with Crippen molar-refractivity contribution in [2.24, 2.45) is 11.8 Å². The molecule has 1 fully saturated rings. The molecule has 14 heavy (non-hydrogen) atoms. The van der Waals surface area contributed by atoms with Gasteiger partial charge >= 0.3 is 0 Å². The van der Waals surface area contributed by atoms with Gasteiger partial charge in [0.15, 0.2) is 0 Å². The Bertz CT molecular complexity index is 341. The second-order valence-corrected chi connectivity index (χ2v) is 4.90. The molecule has 3 aliphatic carbocycles. The van der Waals surface area contributed by atoms with E-state index in [0.717, 1.165) is 11.8 Å². The van der Waals surface area contributed by atoms with Crippen LogP contribution in [0.15, 0.2) is 34.9 Å². The van der Waals surface area contributed by atoms with E-state index in [1.165, 1.54) is 32.1 Å². The van der Waals surface area contributed by atoms with Crippen molar-refractivity contribution in [2.75, 3.05) is 0 Å². The highest BCUT2D eigenvalue weighted by molar-refractivity contribution is 5.47. The van der Waals surface area contributed by atoms with Gasteiger partial charge in [-0.3, -0.25) is 0 Å². The van der Waals surface area contributed by atoms with Gasteiger partial charge in [0.2, 0.25) is 0 Å². The molecule has 0 bridgehead atoms. The summed E-state index contributed by atoms with van der Waals surface area (Å²) in [6.07, 6.45) is 14.0. The Labute approximate surface area is 86.4 Å². The molecule has 0 aromatic heterocycles. The SMILES string of the molecule is CCCC1=CC2=C(C=CC3CC23)CC1. The zero-order chi connectivity index (χ0) is 9.54. The largest absolute Gasteiger partial charge is 0.0805 e. The lowest BCUT2D eigenvalue weighted by molar-refractivity contribution is 0.772. The minimum atomic E-state index is 0.908. The number of allylic oxidation sites excluding steroid dienone is 6. The molecular formula is C14H18. The van der Waals surface area contributed by atoms with Gasteiger partial charge in [0.05, 0.1) is 0 Å². The smallest absolute Gasteiger partial charge is 0.00901 e. The van der Waals surface area contributed by atoms with Gasteiger partial charge in [0.1, 0.15) is 0 Å². The van der Waals surface area contributed by atoms with Gasteiger partial charge in [-0.25, -0.2) is 0 Å². The fourth-order valence-electron chi connectivity index (χ4n) is 2.89. The summed E-state index contributed by atoms with van der Waals surface area (Å²) in [7, 11) is 0. The zero-order valence-corrected chi connectivity index (χ0v) is 8.92. The van der Waals surface area contributed by atoms with Crippen LogP contribution in [0, 0.1) is 11.8 Å². The normalized spacial score (nSPS) is 33.6. The standard InChI is InChI=1S/C14H18/c1-2-3-10-4-5-11-6-7-12-9-14(12)13(11)8-10/h6-8,12,14H,2-5,9H2,1H3. The molecule has 0 saturated heterocycles. The Hall–Kier alpha value is -0.780. The first-order valence-corrected chi connectivity index (χ1v) is 5.99. The topological polar surface area (TPSA) is 0 Å². The molecule has 0 nitrogen and oxygen atoms in total. The second kappa shape index (κ2) is 3.12. The number of hydrogen-bond donors (Lipinski definition) is 0. The first-order valence-electron chi connectivity index (χ1n) is 5.99. The molecule has 0 aromatic carbocycles. The average molecular weight is 186 g/mol. The Morgan fingerprint density at radius 3 is 3.14 bits per heavy atom. The Morgan fingerprint density at radius 1 is 1.36 bits per heavy atom. The van der Waals surface area contributed by atoms with Crippen LogP contribution in [0.2, 0.25) is 0 Å². The van der Waals surface area contributed by atoms with E-state index in [1.807, 2.05) is 0 Å². The van der Waals surface area contributed by atoms with E-state index in [9.17, 15) is 0 Å². The van der Waals surface area contributed by atoms with Crippen LogP contribution in [-0.2, 0) is 0 Å². The highest BCUT2D eigenvalue weighted by atomic mass is 14.4. The maximum atomic E-state index is 2.52. The molecule has 0 radical (unpaired) electrons. The molecule has 2 unspecified atom stereocenters. The fourth-order valence-corrected chi connectivity index (χ4v) is 2.89. The van der Waals surface area contributed by atoms with Gasteiger partial charge in [0, 0.05) is 0 Å². The zero-order valence-electron chi connectivity index (χ0n) is 8.92. The molecule has 74 valence electrons. The number of rotatable bonds is 2. The molecule has 0 N–H and O–H groups in total. The summed E-state index contributed by atoms with van der Waals surface area (Å²) in [6.45, 7) is 2.28. The maximum absolute atomic E-state index is 2.52. The lowest BCUT2D eigenvalue weighted by atomic mass is 9.85. The van der Waals surface area contributed by atoms with Crippen LogP contribution in [-0.4, -0.2) is 0 Å². The number of hydrogen-bond acceptors (Lipinski definition) is 0. The van der Waals surface area contributed by atoms with Gasteiger partial charge in [-0.2, -0.15) is 0 Å². The van der Waals surface area contributed by atoms with E-state index in [4.69, 9.17) is 0 Å². The summed E-state index contributed by atoms with van der Waals surface area (Å²) >= 11 is 0. The predicted molar refractivity (Wildman–Crippen MR) is 60.0 cm³/mol. The van der Waals surface area contributed by atoms with E-state index >= 15 is 0 Å². The highest BCUT2D eigenvalue weighted by Crippen LogP contribution is 2.52. The van der Waals surface area contributed by atoms with Crippen LogP contribution in [0.3, 0.4) is 0 Å². The molecule has 0 aliphatic heterocycles. The van der Waals surface area contributed by atoms with Gasteiger partial charge < -0.3 is 0 Å². The van der Waals surface area contributed by atoms with Crippen LogP contribution in [0.4, 0.5) is 0 Å². The Kier molecular flexibility index (Phi) is 1.90. The van der Waals surface area contributed by atoms with Crippen molar-refractivity contribution in [3.63, 3.8) is 0 Å². The summed E-state index contributed by atoms with van der Waals surface area (Å²) in [5, 5.41) is 0. The van der Waals surface area contributed by atoms with E-state index in [2.05, 4.69) is 25.2 Å². The minimum absolute atomic E-state index is 0.908. The summed E-state index contributed by atoms with van der Waals surface area (Å²) in [5.41, 5.74) is 5.04. The van der Waals surface area contributed by atoms with Crippen LogP contribution < -0.4 is 0 Å². The van der Waals surface area contributed by atoms with Crippen LogP contribution >= 0.6 is 0 Å². The van der Waals surface area contributed by atoms with Crippen molar-refractivity contribution in [2.45, 2.75) is 39.0 Å². The maximum Gasteiger partial charge on any atom is -0.00901 e. The van der Waals surface area contributed by atoms with Crippen LogP contribution in [0.1, 0.15) is 39.0 Å². The van der Waals surface area contributed by atoms with Gasteiger partial charge in [-0.15, -0.1) is 0 Å². The molecule has 1 saturated carbocycles. The van der Waals surface area contributed by atoms with Crippen LogP contribution in [0.25, 0.3) is 0 Å². The van der Waals surface area contributed by atoms with Gasteiger partial charge in [-0.05, 0) is 48.7 Å². The van der Waals surface area contributed by atoms with E-state index in [-0.39, 0.29) is 0 Å². The highest BCUT2D eigenvalue weighted by Gasteiger charge is 2.40. The molecular weight excluding hydrogens is 168 g/mol. The third-order valence-electron chi connectivity index (χ3n) is 3.80. The molecule has 0 heteroatoms. The van der Waals surface area contributed by atoms with Crippen molar-refractivity contribution in [1.29, 1.82) is 0 Å². The lowest BCUT2D eigenvalue weighted by Gasteiger charge is -2.20. The quantitative estimate of drug-likeness (QED) is 0.611. The molecule has 3 aliphatic rings. The van der Waals surface area contributed by atoms with Gasteiger partial charge in [0.25, 0.3) is 0 Å². The average Bonchev–Trinajstić information content (AvgIpc) is 2.97. The van der Waals surface area contributed by atoms with E-state index < -0.39 is 0 Å². The summed E-state index contributed by atoms with van der Waals surface area (Å²) in [6, 6.07) is 0. The summed E-state index contributed by atoms with van der Waals surface area (Å²) in [5.74, 6) is 1.83.